The number of carbonyl (C=O) groups is 2. The van der Waals surface area contributed by atoms with E-state index in [1.165, 1.54) is 56.7 Å². The van der Waals surface area contributed by atoms with Gasteiger partial charge in [-0.25, -0.2) is 0 Å². The van der Waals surface area contributed by atoms with Crippen LogP contribution in [-0.4, -0.2) is 73.6 Å². The number of unbranched alkanes of at least 4 members (excludes halogenated alkanes) is 3. The van der Waals surface area contributed by atoms with Crippen molar-refractivity contribution in [3.05, 3.63) is 35.4 Å². The Morgan fingerprint density at radius 3 is 1.41 bits per heavy atom. The molecule has 0 saturated heterocycles. The summed E-state index contributed by atoms with van der Waals surface area (Å²) < 4.78 is 0. The van der Waals surface area contributed by atoms with Gasteiger partial charge < -0.3 is 25.3 Å². The summed E-state index contributed by atoms with van der Waals surface area (Å²) in [6.07, 6.45) is 13.2. The van der Waals surface area contributed by atoms with E-state index in [4.69, 9.17) is 0 Å². The molecule has 0 aliphatic heterocycles. The summed E-state index contributed by atoms with van der Waals surface area (Å²) in [4.78, 5) is 20.5. The van der Waals surface area contributed by atoms with E-state index in [-0.39, 0.29) is 54.3 Å². The maximum absolute atomic E-state index is 10.3. The number of hydrogen-bond donors (Lipinski definition) is 0. The van der Waals surface area contributed by atoms with E-state index in [2.05, 4.69) is 20.8 Å². The van der Waals surface area contributed by atoms with Crippen LogP contribution in [-0.2, 0) is 0 Å². The van der Waals surface area contributed by atoms with Gasteiger partial charge in [-0.15, -0.1) is 7.92 Å². The summed E-state index contributed by atoms with van der Waals surface area (Å²) in [5.74, 6) is -2.81. The van der Waals surface area contributed by atoms with E-state index in [1.54, 1.807) is 18.5 Å². The van der Waals surface area contributed by atoms with Crippen LogP contribution in [0.15, 0.2) is 24.3 Å². The molecule has 0 radical (unpaired) electrons. The average Bonchev–Trinajstić information content (AvgIpc) is 2.61. The SMILES string of the molecule is CCCCP(CCCC)CCCC.O.O=C([O-])c1cccc(C(=O)[O-])c1.[Ca+2]. The third-order valence-corrected chi connectivity index (χ3v) is 6.66. The van der Waals surface area contributed by atoms with Crippen molar-refractivity contribution in [2.24, 2.45) is 0 Å². The second-order valence-corrected chi connectivity index (χ2v) is 8.74. The number of carboxylic acid groups (broad SMARTS) is 2. The van der Waals surface area contributed by atoms with Crippen LogP contribution in [0.4, 0.5) is 0 Å². The van der Waals surface area contributed by atoms with E-state index in [0.29, 0.717) is 7.92 Å². The maximum atomic E-state index is 10.3. The molecule has 27 heavy (non-hydrogen) atoms. The standard InChI is InChI=1S/C12H27P.C8H6O4.Ca.H2O/c1-4-7-10-13(11-8-5-2)12-9-6-3;9-7(10)5-2-1-3-6(4-5)8(11)12;;/h4-12H2,1-3H3;1-4H,(H,9,10)(H,11,12);;1H2/q;;+2;/p-2. The first kappa shape index (κ1) is 31.5. The first-order valence-corrected chi connectivity index (χ1v) is 11.1. The molecule has 150 valence electrons. The molecule has 0 aliphatic carbocycles. The zero-order valence-electron chi connectivity index (χ0n) is 17.0. The number of rotatable bonds is 11. The molecule has 1 aromatic carbocycles. The average molecular weight is 425 g/mol. The molecule has 0 heterocycles. The number of benzene rings is 1. The van der Waals surface area contributed by atoms with E-state index < -0.39 is 11.9 Å². The molecule has 0 aromatic heterocycles. The Bertz CT molecular complexity index is 463. The fourth-order valence-electron chi connectivity index (χ4n) is 2.25. The molecule has 2 N–H and O–H groups in total. The van der Waals surface area contributed by atoms with Gasteiger partial charge in [0, 0.05) is 0 Å². The third-order valence-electron chi connectivity index (χ3n) is 3.82. The topological polar surface area (TPSA) is 112 Å². The minimum atomic E-state index is -1.40. The predicted molar refractivity (Wildman–Crippen MR) is 111 cm³/mol. The zero-order chi connectivity index (χ0) is 19.1. The summed E-state index contributed by atoms with van der Waals surface area (Å²) in [7, 11) is 0.422. The van der Waals surface area contributed by atoms with Gasteiger partial charge in [0.1, 0.15) is 0 Å². The van der Waals surface area contributed by atoms with Crippen LogP contribution in [0.3, 0.4) is 0 Å². The normalized spacial score (nSPS) is 9.48. The molecule has 1 aromatic rings. The van der Waals surface area contributed by atoms with Gasteiger partial charge in [-0.1, -0.05) is 58.2 Å². The van der Waals surface area contributed by atoms with Gasteiger partial charge in [0.2, 0.25) is 0 Å². The molecule has 5 nitrogen and oxygen atoms in total. The summed E-state index contributed by atoms with van der Waals surface area (Å²) in [5, 5.41) is 20.5. The van der Waals surface area contributed by atoms with Crippen molar-refractivity contribution in [3.8, 4) is 0 Å². The maximum Gasteiger partial charge on any atom is 2.00 e. The van der Waals surface area contributed by atoms with Gasteiger partial charge in [0.15, 0.2) is 0 Å². The van der Waals surface area contributed by atoms with E-state index in [1.807, 2.05) is 0 Å². The van der Waals surface area contributed by atoms with Crippen molar-refractivity contribution in [2.45, 2.75) is 59.3 Å². The minimum absolute atomic E-state index is 0. The van der Waals surface area contributed by atoms with Gasteiger partial charge in [-0.2, -0.15) is 0 Å². The fraction of sp³-hybridized carbons (Fsp3) is 0.600. The summed E-state index contributed by atoms with van der Waals surface area (Å²) >= 11 is 0. The molecule has 0 saturated carbocycles. The second kappa shape index (κ2) is 20.5. The Hall–Kier alpha value is -0.190. The minimum Gasteiger partial charge on any atom is -0.545 e. The Morgan fingerprint density at radius 1 is 0.815 bits per heavy atom. The van der Waals surface area contributed by atoms with Gasteiger partial charge >= 0.3 is 37.7 Å². The first-order chi connectivity index (χ1) is 12.0. The van der Waals surface area contributed by atoms with Crippen LogP contribution in [0.5, 0.6) is 0 Å². The van der Waals surface area contributed by atoms with E-state index in [0.717, 1.165) is 6.07 Å². The predicted octanol–water partition coefficient (Wildman–Crippen LogP) is 2.08. The summed E-state index contributed by atoms with van der Waals surface area (Å²) in [6.45, 7) is 6.94. The van der Waals surface area contributed by atoms with Crippen molar-refractivity contribution in [2.75, 3.05) is 18.5 Å². The molecular formula is C20H33CaO5P. The van der Waals surface area contributed by atoms with Crippen LogP contribution in [0.2, 0.25) is 0 Å². The first-order valence-electron chi connectivity index (χ1n) is 9.21. The molecular weight excluding hydrogens is 391 g/mol. The Morgan fingerprint density at radius 2 is 1.15 bits per heavy atom. The molecule has 0 atom stereocenters. The molecule has 0 aliphatic rings. The van der Waals surface area contributed by atoms with Gasteiger partial charge in [-0.05, 0) is 54.9 Å². The fourth-order valence-corrected chi connectivity index (χ4v) is 5.21. The van der Waals surface area contributed by atoms with Gasteiger partial charge in [-0.3, -0.25) is 0 Å². The van der Waals surface area contributed by atoms with Gasteiger partial charge in [0.25, 0.3) is 0 Å². The quantitative estimate of drug-likeness (QED) is 0.400. The molecule has 0 fully saturated rings. The number of carbonyl (C=O) groups excluding carboxylic acids is 2. The zero-order valence-corrected chi connectivity index (χ0v) is 20.1. The van der Waals surface area contributed by atoms with Gasteiger partial charge in [0.05, 0.1) is 11.9 Å². The smallest absolute Gasteiger partial charge is 0.545 e. The molecule has 0 spiro atoms. The number of aromatic carboxylic acids is 2. The van der Waals surface area contributed by atoms with Crippen LogP contribution >= 0.6 is 7.92 Å². The molecule has 0 bridgehead atoms. The molecule has 0 amide bonds. The van der Waals surface area contributed by atoms with Crippen LogP contribution in [0.25, 0.3) is 0 Å². The van der Waals surface area contributed by atoms with Crippen LogP contribution < -0.4 is 10.2 Å². The largest absolute Gasteiger partial charge is 2.00 e. The second-order valence-electron chi connectivity index (χ2n) is 6.06. The van der Waals surface area contributed by atoms with Crippen molar-refractivity contribution < 1.29 is 25.3 Å². The Balaban J connectivity index is -0.000000398. The summed E-state index contributed by atoms with van der Waals surface area (Å²) in [5.41, 5.74) is -0.339. The van der Waals surface area contributed by atoms with Crippen LogP contribution in [0.1, 0.15) is 80.0 Å². The number of carboxylic acids is 2. The van der Waals surface area contributed by atoms with Crippen molar-refractivity contribution in [3.63, 3.8) is 0 Å². The third kappa shape index (κ3) is 16.5. The van der Waals surface area contributed by atoms with E-state index in [9.17, 15) is 19.8 Å². The van der Waals surface area contributed by atoms with E-state index >= 15 is 0 Å². The summed E-state index contributed by atoms with van der Waals surface area (Å²) in [6, 6.07) is 4.81. The monoisotopic (exact) mass is 424 g/mol. The Labute approximate surface area is 195 Å². The molecule has 7 heteroatoms. The van der Waals surface area contributed by atoms with Crippen LogP contribution in [0, 0.1) is 0 Å². The molecule has 1 rings (SSSR count). The van der Waals surface area contributed by atoms with Crippen molar-refractivity contribution in [1.29, 1.82) is 0 Å². The Kier molecular flexibility index (Phi) is 24.0. The van der Waals surface area contributed by atoms with Crippen molar-refractivity contribution in [1.82, 2.24) is 0 Å². The number of hydrogen-bond acceptors (Lipinski definition) is 4. The van der Waals surface area contributed by atoms with Crippen molar-refractivity contribution >= 4 is 57.6 Å². The molecule has 0 unspecified atom stereocenters.